The van der Waals surface area contributed by atoms with Crippen molar-refractivity contribution >= 4 is 28.7 Å². The Kier molecular flexibility index (Phi) is 3.65. The number of carbonyl (C=O) groups is 1. The summed E-state index contributed by atoms with van der Waals surface area (Å²) in [5.74, 6) is -0.247. The summed E-state index contributed by atoms with van der Waals surface area (Å²) < 4.78 is 1.28. The number of nitrogens with zero attached hydrogens (tertiary/aromatic N) is 4. The molecule has 1 aliphatic rings. The number of carbonyl (C=O) groups excluding carboxylic acids is 1. The van der Waals surface area contributed by atoms with Gasteiger partial charge < -0.3 is 4.90 Å². The van der Waals surface area contributed by atoms with Crippen molar-refractivity contribution in [2.75, 3.05) is 6.54 Å². The summed E-state index contributed by atoms with van der Waals surface area (Å²) in [5.41, 5.74) is 2.59. The lowest BCUT2D eigenvalue weighted by atomic mass is 10.00. The minimum absolute atomic E-state index is 0.171. The Balaban J connectivity index is 1.69. The van der Waals surface area contributed by atoms with Gasteiger partial charge >= 0.3 is 0 Å². The van der Waals surface area contributed by atoms with Crippen LogP contribution in [0.1, 0.15) is 21.6 Å². The van der Waals surface area contributed by atoms with Crippen LogP contribution in [0.5, 0.6) is 0 Å². The first-order valence-corrected chi connectivity index (χ1v) is 8.10. The molecular weight excluding hydrogens is 344 g/mol. The Morgan fingerprint density at radius 3 is 2.76 bits per heavy atom. The van der Waals surface area contributed by atoms with Gasteiger partial charge in [0.1, 0.15) is 5.52 Å². The molecule has 126 valence electrons. The highest BCUT2D eigenvalue weighted by Gasteiger charge is 2.25. The summed E-state index contributed by atoms with van der Waals surface area (Å²) in [5, 5.41) is 15.6. The second-order valence-electron chi connectivity index (χ2n) is 5.91. The Morgan fingerprint density at radius 1 is 1.24 bits per heavy atom. The average molecular weight is 357 g/mol. The molecule has 0 saturated heterocycles. The molecule has 25 heavy (non-hydrogen) atoms. The Hall–Kier alpha value is -2.93. The van der Waals surface area contributed by atoms with Gasteiger partial charge in [0.25, 0.3) is 11.6 Å². The average Bonchev–Trinajstić information content (AvgIpc) is 3.03. The third kappa shape index (κ3) is 2.72. The molecule has 0 fully saturated rings. The first-order chi connectivity index (χ1) is 12.0. The number of hydrogen-bond donors (Lipinski definition) is 0. The van der Waals surface area contributed by atoms with Crippen molar-refractivity contribution in [2.24, 2.45) is 0 Å². The van der Waals surface area contributed by atoms with Crippen molar-refractivity contribution in [1.29, 1.82) is 0 Å². The highest BCUT2D eigenvalue weighted by Crippen LogP contribution is 2.26. The first-order valence-electron chi connectivity index (χ1n) is 7.72. The number of nitro groups is 1. The largest absolute Gasteiger partial charge is 0.333 e. The molecule has 4 rings (SSSR count). The molecule has 2 aromatic heterocycles. The van der Waals surface area contributed by atoms with Crippen LogP contribution < -0.4 is 0 Å². The summed E-state index contributed by atoms with van der Waals surface area (Å²) in [6.45, 7) is 1.10. The van der Waals surface area contributed by atoms with E-state index in [1.807, 2.05) is 18.2 Å². The van der Waals surface area contributed by atoms with E-state index < -0.39 is 4.92 Å². The zero-order valence-electron chi connectivity index (χ0n) is 13.1. The van der Waals surface area contributed by atoms with Gasteiger partial charge in [-0.05, 0) is 17.5 Å². The van der Waals surface area contributed by atoms with Crippen LogP contribution >= 0.6 is 11.6 Å². The zero-order chi connectivity index (χ0) is 17.6. The molecule has 0 N–H and O–H groups in total. The number of aromatic nitrogens is 2. The van der Waals surface area contributed by atoms with Gasteiger partial charge in [0, 0.05) is 31.4 Å². The molecule has 7 nitrogen and oxygen atoms in total. The van der Waals surface area contributed by atoms with Crippen LogP contribution in [0, 0.1) is 10.1 Å². The maximum Gasteiger partial charge on any atom is 0.296 e. The summed E-state index contributed by atoms with van der Waals surface area (Å²) >= 11 is 5.90. The minimum Gasteiger partial charge on any atom is -0.333 e. The van der Waals surface area contributed by atoms with E-state index in [4.69, 9.17) is 11.6 Å². The van der Waals surface area contributed by atoms with Gasteiger partial charge in [-0.2, -0.15) is 5.10 Å². The fourth-order valence-electron chi connectivity index (χ4n) is 3.12. The van der Waals surface area contributed by atoms with Crippen LogP contribution in [0.15, 0.2) is 42.6 Å². The molecular formula is C17H13ClN4O3. The SMILES string of the molecule is O=C(c1cc2c([N+](=O)[O-])cc(Cl)cn2n1)N1CCc2ccccc2C1. The normalized spacial score (nSPS) is 13.7. The van der Waals surface area contributed by atoms with Gasteiger partial charge in [0.2, 0.25) is 0 Å². The molecule has 0 unspecified atom stereocenters. The van der Waals surface area contributed by atoms with Gasteiger partial charge in [-0.1, -0.05) is 35.9 Å². The predicted octanol–water partition coefficient (Wildman–Crippen LogP) is 3.09. The molecule has 0 radical (unpaired) electrons. The summed E-state index contributed by atoms with van der Waals surface area (Å²) in [7, 11) is 0. The van der Waals surface area contributed by atoms with Crippen LogP contribution in [0.25, 0.3) is 5.52 Å². The smallest absolute Gasteiger partial charge is 0.296 e. The van der Waals surface area contributed by atoms with Crippen molar-refractivity contribution < 1.29 is 9.72 Å². The molecule has 1 aromatic carbocycles. The van der Waals surface area contributed by atoms with Crippen LogP contribution in [-0.4, -0.2) is 31.9 Å². The van der Waals surface area contributed by atoms with E-state index in [0.717, 1.165) is 12.0 Å². The Bertz CT molecular complexity index is 1010. The van der Waals surface area contributed by atoms with Crippen molar-refractivity contribution in [3.63, 3.8) is 0 Å². The number of amides is 1. The molecule has 0 bridgehead atoms. The molecule has 1 aliphatic heterocycles. The quantitative estimate of drug-likeness (QED) is 0.522. The van der Waals surface area contributed by atoms with Crippen LogP contribution in [0.3, 0.4) is 0 Å². The van der Waals surface area contributed by atoms with Gasteiger partial charge in [0.15, 0.2) is 5.69 Å². The van der Waals surface area contributed by atoms with E-state index in [9.17, 15) is 14.9 Å². The number of rotatable bonds is 2. The fourth-order valence-corrected chi connectivity index (χ4v) is 3.32. The van der Waals surface area contributed by atoms with E-state index >= 15 is 0 Å². The summed E-state index contributed by atoms with van der Waals surface area (Å²) in [4.78, 5) is 25.2. The highest BCUT2D eigenvalue weighted by molar-refractivity contribution is 6.30. The second-order valence-corrected chi connectivity index (χ2v) is 6.34. The van der Waals surface area contributed by atoms with Crippen LogP contribution in [0.2, 0.25) is 5.02 Å². The molecule has 3 heterocycles. The van der Waals surface area contributed by atoms with E-state index in [-0.39, 0.29) is 27.8 Å². The second kappa shape index (κ2) is 5.86. The lowest BCUT2D eigenvalue weighted by molar-refractivity contribution is -0.383. The molecule has 0 saturated carbocycles. The molecule has 1 amide bonds. The Labute approximate surface area is 147 Å². The minimum atomic E-state index is -0.533. The van der Waals surface area contributed by atoms with E-state index in [2.05, 4.69) is 11.2 Å². The van der Waals surface area contributed by atoms with Gasteiger partial charge in [-0.3, -0.25) is 14.9 Å². The van der Waals surface area contributed by atoms with Gasteiger partial charge in [-0.15, -0.1) is 0 Å². The number of pyridine rings is 1. The van der Waals surface area contributed by atoms with E-state index in [1.54, 1.807) is 4.90 Å². The molecule has 0 atom stereocenters. The maximum absolute atomic E-state index is 12.8. The topological polar surface area (TPSA) is 80.7 Å². The monoisotopic (exact) mass is 356 g/mol. The van der Waals surface area contributed by atoms with Crippen LogP contribution in [-0.2, 0) is 13.0 Å². The predicted molar refractivity (Wildman–Crippen MR) is 91.7 cm³/mol. The van der Waals surface area contributed by atoms with Crippen molar-refractivity contribution in [2.45, 2.75) is 13.0 Å². The zero-order valence-corrected chi connectivity index (χ0v) is 13.8. The summed E-state index contributed by atoms with van der Waals surface area (Å²) in [6, 6.07) is 10.7. The van der Waals surface area contributed by atoms with Crippen molar-refractivity contribution in [3.05, 3.63) is 74.6 Å². The lowest BCUT2D eigenvalue weighted by Gasteiger charge is -2.28. The lowest BCUT2D eigenvalue weighted by Crippen LogP contribution is -2.36. The molecule has 8 heteroatoms. The van der Waals surface area contributed by atoms with E-state index in [1.165, 1.54) is 28.4 Å². The van der Waals surface area contributed by atoms with Crippen LogP contribution in [0.4, 0.5) is 5.69 Å². The Morgan fingerprint density at radius 2 is 2.00 bits per heavy atom. The van der Waals surface area contributed by atoms with Crippen molar-refractivity contribution in [1.82, 2.24) is 14.5 Å². The number of benzene rings is 1. The standard InChI is InChI=1S/C17H13ClN4O3/c18-13-7-16(22(24)25)15-8-14(19-21(15)10-13)17(23)20-6-5-11-3-1-2-4-12(11)9-20/h1-4,7-8,10H,5-6,9H2. The molecule has 3 aromatic rings. The van der Waals surface area contributed by atoms with Gasteiger partial charge in [0.05, 0.1) is 9.95 Å². The number of fused-ring (bicyclic) bond motifs is 2. The molecule has 0 spiro atoms. The van der Waals surface area contributed by atoms with Crippen molar-refractivity contribution in [3.8, 4) is 0 Å². The maximum atomic E-state index is 12.8. The third-order valence-electron chi connectivity index (χ3n) is 4.35. The third-order valence-corrected chi connectivity index (χ3v) is 4.56. The number of halogens is 1. The molecule has 0 aliphatic carbocycles. The highest BCUT2D eigenvalue weighted by atomic mass is 35.5. The summed E-state index contributed by atoms with van der Waals surface area (Å²) in [6.07, 6.45) is 2.23. The first kappa shape index (κ1) is 15.6. The fraction of sp³-hybridized carbons (Fsp3) is 0.176. The number of hydrogen-bond acceptors (Lipinski definition) is 4. The van der Waals surface area contributed by atoms with E-state index in [0.29, 0.717) is 13.1 Å². The van der Waals surface area contributed by atoms with Gasteiger partial charge in [-0.25, -0.2) is 4.52 Å².